The summed E-state index contributed by atoms with van der Waals surface area (Å²) in [6.07, 6.45) is 34.3. The number of carbonyl (C=O) groups is 2. The fourth-order valence-electron chi connectivity index (χ4n) is 5.37. The molecular formula is C36H72Cl2N2O2. The molecule has 0 fully saturated rings. The summed E-state index contributed by atoms with van der Waals surface area (Å²) in [5.41, 5.74) is 0. The van der Waals surface area contributed by atoms with Crippen LogP contribution in [0.25, 0.3) is 0 Å². The predicted octanol–water partition coefficient (Wildman–Crippen LogP) is 4.16. The molecule has 2 amide bonds. The van der Waals surface area contributed by atoms with Gasteiger partial charge in [0, 0.05) is 0 Å². The summed E-state index contributed by atoms with van der Waals surface area (Å²) in [6.45, 7) is 5.94. The highest BCUT2D eigenvalue weighted by atomic mass is 35.5. The van der Waals surface area contributed by atoms with Crippen LogP contribution in [0, 0.1) is 0 Å². The third kappa shape index (κ3) is 27.2. The lowest BCUT2D eigenvalue weighted by Gasteiger charge is -2.27. The van der Waals surface area contributed by atoms with Crippen LogP contribution in [0.1, 0.15) is 168 Å². The minimum atomic E-state index is 0. The largest absolute Gasteiger partial charge is 1.00 e. The molecule has 0 saturated carbocycles. The van der Waals surface area contributed by atoms with Gasteiger partial charge in [-0.2, -0.15) is 0 Å². The molecule has 0 unspecified atom stereocenters. The first kappa shape index (κ1) is 46.0. The van der Waals surface area contributed by atoms with Crippen molar-refractivity contribution >= 4 is 11.8 Å². The van der Waals surface area contributed by atoms with Crippen molar-refractivity contribution in [2.24, 2.45) is 0 Å². The van der Waals surface area contributed by atoms with E-state index < -0.39 is 0 Å². The number of likely N-dealkylation sites (N-methyl/N-ethyl adjacent to an activating group) is 2. The SMILES string of the molecule is CCCCCCCCCCCCCC(=O)[N+](C)(C)C/C=C/C[N+](C)(C)C(=O)CCCCCCCCCCCCC.[Cl-].[Cl-]. The molecule has 0 radical (unpaired) electrons. The van der Waals surface area contributed by atoms with Crippen LogP contribution in [0.15, 0.2) is 12.2 Å². The first-order valence-electron chi connectivity index (χ1n) is 17.5. The molecule has 0 aliphatic carbocycles. The van der Waals surface area contributed by atoms with Gasteiger partial charge in [0.15, 0.2) is 0 Å². The fourth-order valence-corrected chi connectivity index (χ4v) is 5.37. The highest BCUT2D eigenvalue weighted by Gasteiger charge is 2.26. The standard InChI is InChI=1S/C36H72N2O2.2ClH/c1-7-9-11-13-15-17-19-21-23-25-27-31-35(39)37(3,4)33-29-30-34-38(5,6)36(40)32-28-26-24-22-20-18-16-14-12-10-8-2;;/h29-30H,7-28,31-34H2,1-6H3;2*1H/q+2;;/p-2/b30-29+;;. The third-order valence-electron chi connectivity index (χ3n) is 8.63. The molecule has 0 N–H and O–H groups in total. The van der Waals surface area contributed by atoms with Crippen molar-refractivity contribution in [3.05, 3.63) is 12.2 Å². The second-order valence-electron chi connectivity index (χ2n) is 13.6. The van der Waals surface area contributed by atoms with Crippen LogP contribution in [-0.2, 0) is 9.59 Å². The maximum Gasteiger partial charge on any atom is 0.313 e. The molecule has 0 aromatic carbocycles. The molecule has 0 saturated heterocycles. The van der Waals surface area contributed by atoms with Gasteiger partial charge in [-0.1, -0.05) is 142 Å². The second kappa shape index (κ2) is 30.6. The zero-order valence-electron chi connectivity index (χ0n) is 29.0. The number of quaternary nitrogens is 2. The lowest BCUT2D eigenvalue weighted by Crippen LogP contribution is -3.00. The van der Waals surface area contributed by atoms with Gasteiger partial charge in [0.1, 0.15) is 13.1 Å². The number of nitrogens with zero attached hydrogens (tertiary/aromatic N) is 2. The molecule has 0 spiro atoms. The minimum absolute atomic E-state index is 0. The number of hydrogen-bond donors (Lipinski definition) is 0. The Hall–Kier alpha value is -0.420. The smallest absolute Gasteiger partial charge is 0.313 e. The van der Waals surface area contributed by atoms with Crippen molar-refractivity contribution < 1.29 is 43.4 Å². The Morgan fingerprint density at radius 1 is 0.405 bits per heavy atom. The number of amides is 2. The van der Waals surface area contributed by atoms with Crippen molar-refractivity contribution in [1.82, 2.24) is 0 Å². The van der Waals surface area contributed by atoms with Gasteiger partial charge in [0.25, 0.3) is 0 Å². The predicted molar refractivity (Wildman–Crippen MR) is 175 cm³/mol. The van der Waals surface area contributed by atoms with Gasteiger partial charge in [-0.25, -0.2) is 9.59 Å². The van der Waals surface area contributed by atoms with Crippen LogP contribution in [-0.4, -0.2) is 62.1 Å². The topological polar surface area (TPSA) is 34.1 Å². The van der Waals surface area contributed by atoms with Gasteiger partial charge in [-0.05, 0) is 25.0 Å². The van der Waals surface area contributed by atoms with Crippen LogP contribution in [0.4, 0.5) is 0 Å². The lowest BCUT2D eigenvalue weighted by atomic mass is 10.0. The summed E-state index contributed by atoms with van der Waals surface area (Å²) >= 11 is 0. The maximum absolute atomic E-state index is 12.8. The van der Waals surface area contributed by atoms with E-state index in [1.165, 1.54) is 128 Å². The zero-order valence-corrected chi connectivity index (χ0v) is 30.5. The molecule has 0 aliphatic rings. The second-order valence-corrected chi connectivity index (χ2v) is 13.6. The maximum atomic E-state index is 12.8. The number of rotatable bonds is 28. The monoisotopic (exact) mass is 634 g/mol. The van der Waals surface area contributed by atoms with Crippen LogP contribution in [0.5, 0.6) is 0 Å². The molecule has 0 atom stereocenters. The molecule has 0 rings (SSSR count). The summed E-state index contributed by atoms with van der Waals surface area (Å²) in [5.74, 6) is 0.642. The lowest BCUT2D eigenvalue weighted by molar-refractivity contribution is -0.810. The molecule has 252 valence electrons. The molecule has 0 aromatic heterocycles. The Morgan fingerprint density at radius 2 is 0.619 bits per heavy atom. The van der Waals surface area contributed by atoms with Crippen molar-refractivity contribution in [2.75, 3.05) is 41.3 Å². The average molecular weight is 636 g/mol. The van der Waals surface area contributed by atoms with Crippen LogP contribution in [0.3, 0.4) is 0 Å². The van der Waals surface area contributed by atoms with E-state index >= 15 is 0 Å². The first-order chi connectivity index (χ1) is 19.2. The van der Waals surface area contributed by atoms with Crippen molar-refractivity contribution in [2.45, 2.75) is 168 Å². The van der Waals surface area contributed by atoms with E-state index in [-0.39, 0.29) is 24.8 Å². The zero-order chi connectivity index (χ0) is 30.0. The van der Waals surface area contributed by atoms with Gasteiger partial charge < -0.3 is 24.8 Å². The molecule has 0 bridgehead atoms. The highest BCUT2D eigenvalue weighted by molar-refractivity contribution is 5.69. The van der Waals surface area contributed by atoms with Gasteiger partial charge in [0.2, 0.25) is 0 Å². The Labute approximate surface area is 275 Å². The van der Waals surface area contributed by atoms with E-state index in [2.05, 4.69) is 26.0 Å². The summed E-state index contributed by atoms with van der Waals surface area (Å²) < 4.78 is 0.794. The molecule has 6 heteroatoms. The van der Waals surface area contributed by atoms with Gasteiger partial charge >= 0.3 is 11.8 Å². The number of hydrogen-bond acceptors (Lipinski definition) is 2. The van der Waals surface area contributed by atoms with E-state index in [0.29, 0.717) is 46.7 Å². The molecular weight excluding hydrogens is 563 g/mol. The Bertz CT molecular complexity index is 596. The van der Waals surface area contributed by atoms with E-state index in [1.807, 2.05) is 28.2 Å². The summed E-state index contributed by atoms with van der Waals surface area (Å²) in [7, 11) is 8.07. The van der Waals surface area contributed by atoms with Crippen molar-refractivity contribution in [3.63, 3.8) is 0 Å². The molecule has 42 heavy (non-hydrogen) atoms. The fraction of sp³-hybridized carbons (Fsp3) is 0.889. The van der Waals surface area contributed by atoms with Gasteiger partial charge in [-0.15, -0.1) is 0 Å². The molecule has 0 heterocycles. The Balaban J connectivity index is -0.00000760. The summed E-state index contributed by atoms with van der Waals surface area (Å²) in [4.78, 5) is 25.6. The highest BCUT2D eigenvalue weighted by Crippen LogP contribution is 2.15. The third-order valence-corrected chi connectivity index (χ3v) is 8.63. The van der Waals surface area contributed by atoms with Gasteiger partial charge in [0.05, 0.1) is 41.0 Å². The van der Waals surface area contributed by atoms with Crippen molar-refractivity contribution in [1.29, 1.82) is 0 Å². The molecule has 0 aromatic rings. The van der Waals surface area contributed by atoms with Crippen molar-refractivity contribution in [3.8, 4) is 0 Å². The van der Waals surface area contributed by atoms with E-state index in [1.54, 1.807) is 0 Å². The van der Waals surface area contributed by atoms with E-state index in [4.69, 9.17) is 0 Å². The van der Waals surface area contributed by atoms with Crippen LogP contribution in [0.2, 0.25) is 0 Å². The normalized spacial score (nSPS) is 11.9. The Morgan fingerprint density at radius 3 is 0.857 bits per heavy atom. The average Bonchev–Trinajstić information content (AvgIpc) is 2.92. The number of halogens is 2. The molecule has 0 aliphatic heterocycles. The van der Waals surface area contributed by atoms with Gasteiger partial charge in [-0.3, -0.25) is 8.97 Å². The minimum Gasteiger partial charge on any atom is -1.00 e. The number of unbranched alkanes of at least 4 members (excludes halogenated alkanes) is 20. The number of carbonyl (C=O) groups excluding carboxylic acids is 2. The molecule has 4 nitrogen and oxygen atoms in total. The summed E-state index contributed by atoms with van der Waals surface area (Å²) in [6, 6.07) is 0. The Kier molecular flexibility index (Phi) is 33.5. The quantitative estimate of drug-likeness (QED) is 0.0736. The van der Waals surface area contributed by atoms with E-state index in [0.717, 1.165) is 12.8 Å². The first-order valence-corrected chi connectivity index (χ1v) is 17.5. The summed E-state index contributed by atoms with van der Waals surface area (Å²) in [5, 5.41) is 0. The van der Waals surface area contributed by atoms with Crippen LogP contribution >= 0.6 is 0 Å². The van der Waals surface area contributed by atoms with Crippen LogP contribution < -0.4 is 24.8 Å². The van der Waals surface area contributed by atoms with E-state index in [9.17, 15) is 9.59 Å².